The summed E-state index contributed by atoms with van der Waals surface area (Å²) in [4.78, 5) is 0. The van der Waals surface area contributed by atoms with Crippen LogP contribution in [0, 0.1) is 5.92 Å². The molecule has 10 heteroatoms. The molecule has 1 aliphatic carbocycles. The van der Waals surface area contributed by atoms with Crippen LogP contribution in [-0.2, 0) is 21.3 Å². The Hall–Kier alpha value is -1.55. The van der Waals surface area contributed by atoms with Gasteiger partial charge in [-0.2, -0.15) is 21.6 Å². The SMILES string of the molecule is CC1=C[C@H]2c3c(O[S+](C)C)cc(OS(=O)(=O)C(F)(F)F)cc3OC(C)(C)[C@@H]2CC1. The Morgan fingerprint density at radius 1 is 1.24 bits per heavy atom. The standard InChI is InChI=1S/C19H24F3O5S2/c1-11-6-7-14-13(8-11)17-15(25-18(14,2)3)9-12(10-16(17)26-28(4)5)27-29(23,24)19(20,21)22/h8-10,13-14H,6-7H2,1-5H3/q+1/t13-,14-/m1/s1. The summed E-state index contributed by atoms with van der Waals surface area (Å²) in [6.07, 6.45) is 7.60. The van der Waals surface area contributed by atoms with E-state index in [0.717, 1.165) is 12.8 Å². The van der Waals surface area contributed by atoms with Gasteiger partial charge in [0.15, 0.2) is 22.7 Å². The molecule has 3 rings (SSSR count). The van der Waals surface area contributed by atoms with E-state index < -0.39 is 38.2 Å². The molecule has 2 atom stereocenters. The average Bonchev–Trinajstić information content (AvgIpc) is 2.51. The minimum Gasteiger partial charge on any atom is -0.487 e. The normalized spacial score (nSPS) is 23.6. The summed E-state index contributed by atoms with van der Waals surface area (Å²) >= 11 is -0.557. The monoisotopic (exact) mass is 453 g/mol. The van der Waals surface area contributed by atoms with Gasteiger partial charge in [-0.3, -0.25) is 4.18 Å². The molecule has 0 aromatic heterocycles. The van der Waals surface area contributed by atoms with Gasteiger partial charge in [-0.1, -0.05) is 11.6 Å². The summed E-state index contributed by atoms with van der Waals surface area (Å²) in [7, 11) is -5.80. The average molecular weight is 454 g/mol. The molecule has 1 aromatic carbocycles. The van der Waals surface area contributed by atoms with Crippen molar-refractivity contribution in [1.29, 1.82) is 0 Å². The molecule has 0 bridgehead atoms. The number of hydrogen-bond acceptors (Lipinski definition) is 5. The van der Waals surface area contributed by atoms with Crippen molar-refractivity contribution in [2.75, 3.05) is 12.5 Å². The third-order valence-corrected chi connectivity index (χ3v) is 6.66. The van der Waals surface area contributed by atoms with Crippen LogP contribution < -0.4 is 13.1 Å². The summed E-state index contributed by atoms with van der Waals surface area (Å²) in [6.45, 7) is 5.89. The predicted molar refractivity (Wildman–Crippen MR) is 106 cm³/mol. The van der Waals surface area contributed by atoms with Crippen molar-refractivity contribution in [2.45, 2.75) is 50.6 Å². The van der Waals surface area contributed by atoms with Crippen LogP contribution in [0.5, 0.6) is 17.2 Å². The fourth-order valence-electron chi connectivity index (χ4n) is 3.95. The first-order valence-electron chi connectivity index (χ1n) is 9.02. The van der Waals surface area contributed by atoms with Crippen molar-refractivity contribution in [3.05, 3.63) is 29.3 Å². The number of hydrogen-bond donors (Lipinski definition) is 0. The molecule has 29 heavy (non-hydrogen) atoms. The number of rotatable bonds is 4. The quantitative estimate of drug-likeness (QED) is 0.286. The highest BCUT2D eigenvalue weighted by Crippen LogP contribution is 2.54. The molecule has 0 spiro atoms. The van der Waals surface area contributed by atoms with Crippen LogP contribution in [0.4, 0.5) is 13.2 Å². The maximum Gasteiger partial charge on any atom is 0.534 e. The van der Waals surface area contributed by atoms with Gasteiger partial charge in [0.2, 0.25) is 0 Å². The molecule has 0 amide bonds. The van der Waals surface area contributed by atoms with Crippen LogP contribution in [0.1, 0.15) is 45.1 Å². The lowest BCUT2D eigenvalue weighted by Crippen LogP contribution is -2.45. The first-order valence-corrected chi connectivity index (χ1v) is 12.4. The van der Waals surface area contributed by atoms with Crippen LogP contribution in [0.2, 0.25) is 0 Å². The Labute approximate surface area is 171 Å². The molecule has 0 saturated carbocycles. The van der Waals surface area contributed by atoms with Gasteiger partial charge >= 0.3 is 15.6 Å². The van der Waals surface area contributed by atoms with Gasteiger partial charge in [0, 0.05) is 24.0 Å². The second-order valence-electron chi connectivity index (χ2n) is 8.03. The number of allylic oxidation sites excluding steroid dienone is 2. The summed E-state index contributed by atoms with van der Waals surface area (Å²) in [5, 5.41) is 0. The first kappa shape index (κ1) is 22.1. The Kier molecular flexibility index (Phi) is 5.57. The summed E-state index contributed by atoms with van der Waals surface area (Å²) in [5.74, 6) is 0.168. The molecule has 1 heterocycles. The van der Waals surface area contributed by atoms with Crippen molar-refractivity contribution in [2.24, 2.45) is 5.92 Å². The van der Waals surface area contributed by atoms with E-state index in [1.807, 2.05) is 20.8 Å². The minimum absolute atomic E-state index is 0.0469. The van der Waals surface area contributed by atoms with Gasteiger partial charge in [0.25, 0.3) is 0 Å². The third-order valence-electron chi connectivity index (χ3n) is 5.17. The third kappa shape index (κ3) is 4.33. The van der Waals surface area contributed by atoms with Crippen molar-refractivity contribution in [3.8, 4) is 17.2 Å². The molecule has 1 aliphatic heterocycles. The van der Waals surface area contributed by atoms with Crippen molar-refractivity contribution < 1.29 is 34.7 Å². The van der Waals surface area contributed by atoms with Crippen molar-refractivity contribution in [3.63, 3.8) is 0 Å². The molecular formula is C19H24F3O5S2+. The Bertz CT molecular complexity index is 919. The van der Waals surface area contributed by atoms with Crippen molar-refractivity contribution in [1.82, 2.24) is 0 Å². The number of fused-ring (bicyclic) bond motifs is 3. The van der Waals surface area contributed by atoms with E-state index >= 15 is 0 Å². The van der Waals surface area contributed by atoms with E-state index in [9.17, 15) is 21.6 Å². The Morgan fingerprint density at radius 2 is 1.90 bits per heavy atom. The second-order valence-corrected chi connectivity index (χ2v) is 11.2. The van der Waals surface area contributed by atoms with E-state index in [2.05, 4.69) is 10.3 Å². The van der Waals surface area contributed by atoms with Crippen LogP contribution in [0.3, 0.4) is 0 Å². The molecule has 0 radical (unpaired) electrons. The highest BCUT2D eigenvalue weighted by molar-refractivity contribution is 7.91. The molecule has 0 saturated heterocycles. The van der Waals surface area contributed by atoms with Crippen LogP contribution in [0.15, 0.2) is 23.8 Å². The smallest absolute Gasteiger partial charge is 0.487 e. The molecule has 0 N–H and O–H groups in total. The Balaban J connectivity index is 2.16. The van der Waals surface area contributed by atoms with Gasteiger partial charge in [-0.15, -0.1) is 0 Å². The fraction of sp³-hybridized carbons (Fsp3) is 0.579. The zero-order valence-electron chi connectivity index (χ0n) is 16.8. The molecule has 2 aliphatic rings. The number of halogens is 3. The fourth-order valence-corrected chi connectivity index (χ4v) is 4.89. The Morgan fingerprint density at radius 3 is 2.48 bits per heavy atom. The number of benzene rings is 1. The van der Waals surface area contributed by atoms with E-state index in [1.165, 1.54) is 17.7 Å². The summed E-state index contributed by atoms with van der Waals surface area (Å²) < 4.78 is 77.6. The second kappa shape index (κ2) is 7.30. The number of alkyl halides is 3. The maximum atomic E-state index is 12.8. The predicted octanol–water partition coefficient (Wildman–Crippen LogP) is 4.70. The van der Waals surface area contributed by atoms with Gasteiger partial charge in [0.05, 0.1) is 5.56 Å². The minimum atomic E-state index is -5.80. The van der Waals surface area contributed by atoms with E-state index in [0.29, 0.717) is 5.56 Å². The first-order chi connectivity index (χ1) is 13.2. The van der Waals surface area contributed by atoms with E-state index in [4.69, 9.17) is 8.92 Å². The molecule has 0 fully saturated rings. The highest BCUT2D eigenvalue weighted by Gasteiger charge is 2.50. The van der Waals surface area contributed by atoms with Crippen LogP contribution in [-0.4, -0.2) is 32.0 Å². The van der Waals surface area contributed by atoms with E-state index in [1.54, 1.807) is 12.5 Å². The maximum absolute atomic E-state index is 12.8. The zero-order valence-corrected chi connectivity index (χ0v) is 18.4. The highest BCUT2D eigenvalue weighted by atomic mass is 32.2. The van der Waals surface area contributed by atoms with Gasteiger partial charge in [0.1, 0.15) is 23.9 Å². The molecule has 162 valence electrons. The zero-order chi connectivity index (χ0) is 21.8. The van der Waals surface area contributed by atoms with Gasteiger partial charge in [-0.25, -0.2) is 0 Å². The lowest BCUT2D eigenvalue weighted by molar-refractivity contribution is -0.0500. The van der Waals surface area contributed by atoms with Crippen molar-refractivity contribution >= 4 is 21.3 Å². The molecule has 5 nitrogen and oxygen atoms in total. The molecule has 1 aromatic rings. The van der Waals surface area contributed by atoms with Gasteiger partial charge < -0.3 is 8.92 Å². The largest absolute Gasteiger partial charge is 0.534 e. The van der Waals surface area contributed by atoms with Crippen LogP contribution >= 0.6 is 0 Å². The molecule has 0 unspecified atom stereocenters. The number of ether oxygens (including phenoxy) is 1. The lowest BCUT2D eigenvalue weighted by atomic mass is 9.68. The van der Waals surface area contributed by atoms with E-state index in [-0.39, 0.29) is 23.3 Å². The summed E-state index contributed by atoms with van der Waals surface area (Å²) in [6, 6.07) is 2.40. The topological polar surface area (TPSA) is 61.8 Å². The van der Waals surface area contributed by atoms with Gasteiger partial charge in [-0.05, 0) is 33.6 Å². The van der Waals surface area contributed by atoms with Crippen LogP contribution in [0.25, 0.3) is 0 Å². The lowest BCUT2D eigenvalue weighted by Gasteiger charge is -2.46. The summed E-state index contributed by atoms with van der Waals surface area (Å²) in [5.41, 5.74) is -4.19. The molecular weight excluding hydrogens is 429 g/mol.